The van der Waals surface area contributed by atoms with Crippen molar-refractivity contribution in [3.8, 4) is 5.75 Å². The Morgan fingerprint density at radius 1 is 0.907 bits per heavy atom. The molecule has 10 heteroatoms. The second-order valence-electron chi connectivity index (χ2n) is 11.3. The molecular formula is C33H57N2O6PS. The Morgan fingerprint density at radius 2 is 1.49 bits per heavy atom. The van der Waals surface area contributed by atoms with E-state index in [0.717, 1.165) is 30.8 Å². The number of ether oxygens (including phenoxy) is 2. The Morgan fingerprint density at radius 3 is 2.02 bits per heavy atom. The van der Waals surface area contributed by atoms with E-state index in [1.165, 1.54) is 97.0 Å². The van der Waals surface area contributed by atoms with Crippen LogP contribution in [-0.2, 0) is 20.5 Å². The number of unbranched alkanes of at least 4 members (excludes halogenated alkanes) is 15. The number of thioether (sulfide) groups is 1. The van der Waals surface area contributed by atoms with Crippen molar-refractivity contribution < 1.29 is 28.2 Å². The van der Waals surface area contributed by atoms with E-state index in [4.69, 9.17) is 18.5 Å². The maximum atomic E-state index is 12.0. The molecule has 2 atom stereocenters. The first-order valence-electron chi connectivity index (χ1n) is 16.4. The number of hydrogen-bond acceptors (Lipinski definition) is 8. The minimum absolute atomic E-state index is 0.0302. The molecule has 1 amide bonds. The Labute approximate surface area is 266 Å². The molecule has 0 saturated carbocycles. The fourth-order valence-electron chi connectivity index (χ4n) is 4.83. The van der Waals surface area contributed by atoms with Crippen molar-refractivity contribution in [2.24, 2.45) is 0 Å². The molecule has 2 N–H and O–H groups in total. The molecule has 0 aliphatic carbocycles. The summed E-state index contributed by atoms with van der Waals surface area (Å²) in [5.41, 5.74) is 1.16. The molecule has 0 saturated heterocycles. The van der Waals surface area contributed by atoms with Gasteiger partial charge in [0.15, 0.2) is 0 Å². The molecule has 246 valence electrons. The number of amides is 1. The molecule has 2 unspecified atom stereocenters. The Balaban J connectivity index is 1.39. The van der Waals surface area contributed by atoms with E-state index < -0.39 is 20.8 Å². The summed E-state index contributed by atoms with van der Waals surface area (Å²) in [6, 6.07) is 7.58. The molecular weight excluding hydrogens is 583 g/mol. The highest BCUT2D eigenvalue weighted by atomic mass is 32.2. The number of alkyl carbamates (subject to hydrolysis) is 1. The van der Waals surface area contributed by atoms with Crippen LogP contribution in [0.15, 0.2) is 35.9 Å². The average Bonchev–Trinajstić information content (AvgIpc) is 3.53. The molecule has 1 aromatic rings. The van der Waals surface area contributed by atoms with Gasteiger partial charge in [-0.2, -0.15) is 0 Å². The summed E-state index contributed by atoms with van der Waals surface area (Å²) in [7, 11) is -0.619. The molecule has 2 rings (SSSR count). The number of methoxy groups -OCH3 is 1. The van der Waals surface area contributed by atoms with E-state index in [2.05, 4.69) is 28.7 Å². The molecule has 0 aromatic heterocycles. The summed E-state index contributed by atoms with van der Waals surface area (Å²) in [4.78, 5) is 24.4. The molecule has 0 radical (unpaired) electrons. The topological polar surface area (TPSA) is 89.5 Å². The predicted molar refractivity (Wildman–Crippen MR) is 179 cm³/mol. The number of hydrogen-bond donors (Lipinski definition) is 2. The van der Waals surface area contributed by atoms with Crippen LogP contribution in [0, 0.1) is 0 Å². The Bertz CT molecular complexity index is 847. The molecule has 0 fully saturated rings. The third-order valence-corrected chi connectivity index (χ3v) is 9.04. The van der Waals surface area contributed by atoms with Crippen LogP contribution >= 0.6 is 20.4 Å². The first-order chi connectivity index (χ1) is 21.1. The fourth-order valence-corrected chi connectivity index (χ4v) is 6.19. The van der Waals surface area contributed by atoms with Gasteiger partial charge in [0.05, 0.1) is 12.5 Å². The van der Waals surface area contributed by atoms with Crippen LogP contribution in [0.2, 0.25) is 0 Å². The molecule has 1 aromatic carbocycles. The van der Waals surface area contributed by atoms with Gasteiger partial charge in [0, 0.05) is 26.4 Å². The second-order valence-corrected chi connectivity index (χ2v) is 13.1. The van der Waals surface area contributed by atoms with E-state index in [1.807, 2.05) is 24.3 Å². The molecule has 43 heavy (non-hydrogen) atoms. The Hall–Kier alpha value is -1.51. The molecule has 1 aliphatic heterocycles. The third-order valence-electron chi connectivity index (χ3n) is 7.50. The van der Waals surface area contributed by atoms with E-state index in [1.54, 1.807) is 11.8 Å². The normalized spacial score (nSPS) is 14.2. The monoisotopic (exact) mass is 640 g/mol. The van der Waals surface area contributed by atoms with Crippen molar-refractivity contribution >= 4 is 26.5 Å². The summed E-state index contributed by atoms with van der Waals surface area (Å²) in [5.74, 6) is 1.49. The molecule has 0 spiro atoms. The van der Waals surface area contributed by atoms with E-state index in [-0.39, 0.29) is 13.2 Å². The van der Waals surface area contributed by atoms with Crippen LogP contribution < -0.4 is 9.84 Å². The zero-order chi connectivity index (χ0) is 30.8. The lowest BCUT2D eigenvalue weighted by Crippen LogP contribution is -2.31. The predicted octanol–water partition coefficient (Wildman–Crippen LogP) is 9.28. The van der Waals surface area contributed by atoms with Crippen molar-refractivity contribution in [1.82, 2.24) is 10.2 Å². The lowest BCUT2D eigenvalue weighted by molar-refractivity contribution is 0.00598. The zero-order valence-electron chi connectivity index (χ0n) is 26.7. The van der Waals surface area contributed by atoms with Crippen LogP contribution in [0.3, 0.4) is 0 Å². The van der Waals surface area contributed by atoms with E-state index in [0.29, 0.717) is 12.3 Å². The average molecular weight is 641 g/mol. The highest BCUT2D eigenvalue weighted by Crippen LogP contribution is 2.35. The number of carbonyl (C=O) groups excluding carboxylic acids is 1. The second kappa shape index (κ2) is 25.8. The Kier molecular flexibility index (Phi) is 22.6. The SMILES string of the molecule is CCCCCCCCCCCCCCCCCCNC(=O)OCC(COP(O)Oc1ccc(CN2C=CSC2)cc1)OC. The van der Waals surface area contributed by atoms with Crippen LogP contribution in [0.25, 0.3) is 0 Å². The van der Waals surface area contributed by atoms with Gasteiger partial charge in [-0.15, -0.1) is 11.8 Å². The van der Waals surface area contributed by atoms with Crippen molar-refractivity contribution in [3.05, 3.63) is 41.4 Å². The summed E-state index contributed by atoms with van der Waals surface area (Å²) >= 11 is 1.77. The lowest BCUT2D eigenvalue weighted by atomic mass is 10.0. The number of benzene rings is 1. The minimum Gasteiger partial charge on any atom is -0.447 e. The number of nitrogens with zero attached hydrogens (tertiary/aromatic N) is 1. The summed E-state index contributed by atoms with van der Waals surface area (Å²) in [6.45, 7) is 3.78. The van der Waals surface area contributed by atoms with Crippen molar-refractivity contribution in [2.45, 2.75) is 122 Å². The minimum atomic E-state index is -2.13. The van der Waals surface area contributed by atoms with Crippen molar-refractivity contribution in [2.75, 3.05) is 32.7 Å². The standard InChI is InChI=1S/C33H57N2O6PS/c1-3-4-5-6-7-8-9-10-11-12-13-14-15-16-17-18-23-34-33(36)39-27-32(38-2)28-40-42(37)41-31-21-19-30(20-22-31)26-35-24-25-43-29-35/h19-22,24-25,32,37H,3-18,23,26-29H2,1-2H3,(H,34,36). The van der Waals surface area contributed by atoms with Crippen LogP contribution in [-0.4, -0.2) is 54.7 Å². The lowest BCUT2D eigenvalue weighted by Gasteiger charge is -2.18. The molecule has 1 aliphatic rings. The number of rotatable bonds is 27. The van der Waals surface area contributed by atoms with Gasteiger partial charge in [0.1, 0.15) is 18.5 Å². The first-order valence-corrected chi connectivity index (χ1v) is 18.6. The van der Waals surface area contributed by atoms with Gasteiger partial charge >= 0.3 is 14.7 Å². The van der Waals surface area contributed by atoms with Gasteiger partial charge in [0.25, 0.3) is 0 Å². The smallest absolute Gasteiger partial charge is 0.407 e. The quantitative estimate of drug-likeness (QED) is 0.0727. The first kappa shape index (κ1) is 37.7. The highest BCUT2D eigenvalue weighted by Gasteiger charge is 2.17. The third kappa shape index (κ3) is 20.2. The highest BCUT2D eigenvalue weighted by molar-refractivity contribution is 8.02. The molecule has 0 bridgehead atoms. The van der Waals surface area contributed by atoms with Gasteiger partial charge in [-0.05, 0) is 29.5 Å². The van der Waals surface area contributed by atoms with Gasteiger partial charge in [-0.25, -0.2) is 4.79 Å². The van der Waals surface area contributed by atoms with E-state index in [9.17, 15) is 9.69 Å². The van der Waals surface area contributed by atoms with Gasteiger partial charge in [0.2, 0.25) is 0 Å². The maximum absolute atomic E-state index is 12.0. The van der Waals surface area contributed by atoms with Gasteiger partial charge in [-0.1, -0.05) is 115 Å². The fraction of sp³-hybridized carbons (Fsp3) is 0.727. The van der Waals surface area contributed by atoms with Crippen LogP contribution in [0.1, 0.15) is 115 Å². The van der Waals surface area contributed by atoms with Gasteiger partial charge < -0.3 is 29.1 Å². The number of nitrogens with one attached hydrogen (secondary N) is 1. The van der Waals surface area contributed by atoms with Crippen LogP contribution in [0.5, 0.6) is 5.75 Å². The molecule has 1 heterocycles. The summed E-state index contributed by atoms with van der Waals surface area (Å²) in [5, 5.41) is 4.89. The largest absolute Gasteiger partial charge is 0.447 e. The van der Waals surface area contributed by atoms with Crippen molar-refractivity contribution in [1.29, 1.82) is 0 Å². The maximum Gasteiger partial charge on any atom is 0.407 e. The molecule has 8 nitrogen and oxygen atoms in total. The van der Waals surface area contributed by atoms with E-state index >= 15 is 0 Å². The summed E-state index contributed by atoms with van der Waals surface area (Å²) in [6.07, 6.45) is 22.3. The van der Waals surface area contributed by atoms with Crippen LogP contribution in [0.4, 0.5) is 4.79 Å². The van der Waals surface area contributed by atoms with Crippen molar-refractivity contribution in [3.63, 3.8) is 0 Å². The summed E-state index contributed by atoms with van der Waals surface area (Å²) < 4.78 is 21.5. The van der Waals surface area contributed by atoms with Gasteiger partial charge in [-0.3, -0.25) is 4.52 Å². The zero-order valence-corrected chi connectivity index (χ0v) is 28.4. The number of carbonyl (C=O) groups is 1.